The van der Waals surface area contributed by atoms with Crippen LogP contribution >= 0.6 is 0 Å². The molecule has 0 unspecified atom stereocenters. The first-order valence-electron chi connectivity index (χ1n) is 7.28. The minimum absolute atomic E-state index is 0.105. The Morgan fingerprint density at radius 3 is 2.81 bits per heavy atom. The number of amides is 1. The summed E-state index contributed by atoms with van der Waals surface area (Å²) < 4.78 is 17.9. The van der Waals surface area contributed by atoms with Crippen molar-refractivity contribution < 1.29 is 18.7 Å². The van der Waals surface area contributed by atoms with Gasteiger partial charge in [-0.05, 0) is 37.0 Å². The molecule has 0 heterocycles. The first-order chi connectivity index (χ1) is 10.1. The summed E-state index contributed by atoms with van der Waals surface area (Å²) >= 11 is 0. The second kappa shape index (κ2) is 7.20. The fourth-order valence-electron chi connectivity index (χ4n) is 2.61. The van der Waals surface area contributed by atoms with Crippen molar-refractivity contribution in [1.82, 2.24) is 5.32 Å². The van der Waals surface area contributed by atoms with E-state index in [1.165, 1.54) is 24.6 Å². The topological polar surface area (TPSA) is 55.4 Å². The van der Waals surface area contributed by atoms with Crippen LogP contribution in [0.3, 0.4) is 0 Å². The maximum Gasteiger partial charge on any atom is 0.338 e. The van der Waals surface area contributed by atoms with Crippen molar-refractivity contribution in [3.63, 3.8) is 0 Å². The number of ether oxygens (including phenoxy) is 1. The van der Waals surface area contributed by atoms with Gasteiger partial charge in [0.15, 0.2) is 6.61 Å². The summed E-state index contributed by atoms with van der Waals surface area (Å²) in [4.78, 5) is 23.5. The van der Waals surface area contributed by atoms with Crippen LogP contribution < -0.4 is 5.32 Å². The molecule has 2 rings (SSSR count). The third-order valence-electron chi connectivity index (χ3n) is 3.85. The van der Waals surface area contributed by atoms with Crippen LogP contribution in [0.5, 0.6) is 0 Å². The van der Waals surface area contributed by atoms with Crippen molar-refractivity contribution in [3.8, 4) is 0 Å². The van der Waals surface area contributed by atoms with Crippen molar-refractivity contribution in [2.45, 2.75) is 38.6 Å². The highest BCUT2D eigenvalue weighted by Gasteiger charge is 2.23. The zero-order chi connectivity index (χ0) is 15.2. The van der Waals surface area contributed by atoms with Gasteiger partial charge in [0.2, 0.25) is 0 Å². The number of rotatable bonds is 4. The normalized spacial score (nSPS) is 21.6. The summed E-state index contributed by atoms with van der Waals surface area (Å²) in [5, 5.41) is 2.90. The standard InChI is InChI=1S/C16H20FNO3/c1-11-5-2-3-8-14(11)18-15(19)10-21-16(20)12-6-4-7-13(17)9-12/h4,6-7,9,11,14H,2-3,5,8,10H2,1H3,(H,18,19)/t11-,14+/m1/s1. The van der Waals surface area contributed by atoms with Crippen molar-refractivity contribution in [2.24, 2.45) is 5.92 Å². The Labute approximate surface area is 123 Å². The molecule has 2 atom stereocenters. The minimum Gasteiger partial charge on any atom is -0.452 e. The zero-order valence-electron chi connectivity index (χ0n) is 12.1. The third kappa shape index (κ3) is 4.55. The molecule has 4 nitrogen and oxygen atoms in total. The van der Waals surface area contributed by atoms with E-state index >= 15 is 0 Å². The maximum absolute atomic E-state index is 13.0. The predicted octanol–water partition coefficient (Wildman–Crippen LogP) is 2.68. The third-order valence-corrected chi connectivity index (χ3v) is 3.85. The molecule has 1 aromatic rings. The van der Waals surface area contributed by atoms with Crippen LogP contribution in [0.25, 0.3) is 0 Å². The molecule has 0 saturated heterocycles. The van der Waals surface area contributed by atoms with Crippen LogP contribution in [-0.2, 0) is 9.53 Å². The monoisotopic (exact) mass is 293 g/mol. The van der Waals surface area contributed by atoms with E-state index < -0.39 is 11.8 Å². The molecule has 114 valence electrons. The molecule has 1 aliphatic rings. The summed E-state index contributed by atoms with van der Waals surface area (Å²) in [5.74, 6) is -1.06. The molecule has 1 amide bonds. The summed E-state index contributed by atoms with van der Waals surface area (Å²) in [6.45, 7) is 1.78. The molecular weight excluding hydrogens is 273 g/mol. The van der Waals surface area contributed by atoms with Crippen molar-refractivity contribution in [2.75, 3.05) is 6.61 Å². The van der Waals surface area contributed by atoms with Gasteiger partial charge in [0, 0.05) is 6.04 Å². The Morgan fingerprint density at radius 2 is 2.10 bits per heavy atom. The Hall–Kier alpha value is -1.91. The lowest BCUT2D eigenvalue weighted by molar-refractivity contribution is -0.125. The largest absolute Gasteiger partial charge is 0.452 e. The van der Waals surface area contributed by atoms with Gasteiger partial charge in [0.25, 0.3) is 5.91 Å². The van der Waals surface area contributed by atoms with Crippen LogP contribution in [0.15, 0.2) is 24.3 Å². The van der Waals surface area contributed by atoms with Gasteiger partial charge in [-0.3, -0.25) is 4.79 Å². The number of carbonyl (C=O) groups is 2. The molecule has 21 heavy (non-hydrogen) atoms. The number of benzene rings is 1. The van der Waals surface area contributed by atoms with Crippen LogP contribution in [0, 0.1) is 11.7 Å². The SMILES string of the molecule is C[C@@H]1CCCC[C@@H]1NC(=O)COC(=O)c1cccc(F)c1. The van der Waals surface area contributed by atoms with E-state index in [0.29, 0.717) is 5.92 Å². The summed E-state index contributed by atoms with van der Waals surface area (Å²) in [7, 11) is 0. The number of esters is 1. The maximum atomic E-state index is 13.0. The first-order valence-corrected chi connectivity index (χ1v) is 7.28. The molecule has 1 aliphatic carbocycles. The Morgan fingerprint density at radius 1 is 1.33 bits per heavy atom. The van der Waals surface area contributed by atoms with Gasteiger partial charge < -0.3 is 10.1 Å². The second-order valence-electron chi connectivity index (χ2n) is 5.52. The fraction of sp³-hybridized carbons (Fsp3) is 0.500. The molecule has 1 fully saturated rings. The van der Waals surface area contributed by atoms with Crippen LogP contribution in [-0.4, -0.2) is 24.5 Å². The summed E-state index contributed by atoms with van der Waals surface area (Å²) in [5.41, 5.74) is 0.105. The molecule has 0 bridgehead atoms. The van der Waals surface area contributed by atoms with Crippen molar-refractivity contribution in [1.29, 1.82) is 0 Å². The van der Waals surface area contributed by atoms with Gasteiger partial charge >= 0.3 is 5.97 Å². The molecule has 1 aromatic carbocycles. The average Bonchev–Trinajstić information content (AvgIpc) is 2.47. The molecule has 0 radical (unpaired) electrons. The number of nitrogens with one attached hydrogen (secondary N) is 1. The van der Waals surface area contributed by atoms with E-state index in [1.54, 1.807) is 0 Å². The zero-order valence-corrected chi connectivity index (χ0v) is 12.1. The summed E-state index contributed by atoms with van der Waals surface area (Å²) in [6, 6.07) is 5.36. The lowest BCUT2D eigenvalue weighted by Gasteiger charge is -2.29. The highest BCUT2D eigenvalue weighted by molar-refractivity contribution is 5.91. The molecule has 5 heteroatoms. The Kier molecular flexibility index (Phi) is 5.31. The molecule has 1 saturated carbocycles. The van der Waals surface area contributed by atoms with E-state index in [-0.39, 0.29) is 24.1 Å². The van der Waals surface area contributed by atoms with E-state index in [4.69, 9.17) is 4.74 Å². The van der Waals surface area contributed by atoms with Gasteiger partial charge in [-0.2, -0.15) is 0 Å². The lowest BCUT2D eigenvalue weighted by Crippen LogP contribution is -2.42. The summed E-state index contributed by atoms with van der Waals surface area (Å²) in [6.07, 6.45) is 4.37. The number of halogens is 1. The van der Waals surface area contributed by atoms with Gasteiger partial charge in [0.05, 0.1) is 5.56 Å². The lowest BCUT2D eigenvalue weighted by atomic mass is 9.86. The molecule has 0 aromatic heterocycles. The molecule has 0 spiro atoms. The van der Waals surface area contributed by atoms with Crippen LogP contribution in [0.2, 0.25) is 0 Å². The van der Waals surface area contributed by atoms with Gasteiger partial charge in [0.1, 0.15) is 5.82 Å². The van der Waals surface area contributed by atoms with E-state index in [9.17, 15) is 14.0 Å². The van der Waals surface area contributed by atoms with Crippen LogP contribution in [0.1, 0.15) is 43.0 Å². The van der Waals surface area contributed by atoms with Gasteiger partial charge in [-0.1, -0.05) is 25.8 Å². The molecular formula is C16H20FNO3. The van der Waals surface area contributed by atoms with E-state index in [1.807, 2.05) is 0 Å². The average molecular weight is 293 g/mol. The molecule has 0 aliphatic heterocycles. The predicted molar refractivity (Wildman–Crippen MR) is 76.2 cm³/mol. The Balaban J connectivity index is 1.79. The fourth-order valence-corrected chi connectivity index (χ4v) is 2.61. The highest BCUT2D eigenvalue weighted by atomic mass is 19.1. The number of carbonyl (C=O) groups excluding carboxylic acids is 2. The molecule has 1 N–H and O–H groups in total. The first kappa shape index (κ1) is 15.5. The van der Waals surface area contributed by atoms with Gasteiger partial charge in [-0.15, -0.1) is 0 Å². The number of hydrogen-bond acceptors (Lipinski definition) is 3. The Bertz CT molecular complexity index is 518. The highest BCUT2D eigenvalue weighted by Crippen LogP contribution is 2.23. The van der Waals surface area contributed by atoms with E-state index in [0.717, 1.165) is 25.3 Å². The quantitative estimate of drug-likeness (QED) is 0.868. The van der Waals surface area contributed by atoms with Gasteiger partial charge in [-0.25, -0.2) is 9.18 Å². The van der Waals surface area contributed by atoms with E-state index in [2.05, 4.69) is 12.2 Å². The number of hydrogen-bond donors (Lipinski definition) is 1. The second-order valence-corrected chi connectivity index (χ2v) is 5.52. The van der Waals surface area contributed by atoms with Crippen molar-refractivity contribution >= 4 is 11.9 Å². The van der Waals surface area contributed by atoms with Crippen LogP contribution in [0.4, 0.5) is 4.39 Å². The van der Waals surface area contributed by atoms with Crippen molar-refractivity contribution in [3.05, 3.63) is 35.6 Å². The minimum atomic E-state index is -0.693. The smallest absolute Gasteiger partial charge is 0.338 e.